The zero-order valence-electron chi connectivity index (χ0n) is 14.0. The molecule has 0 unspecified atom stereocenters. The summed E-state index contributed by atoms with van der Waals surface area (Å²) in [6.07, 6.45) is 3.76. The van der Waals surface area contributed by atoms with E-state index in [1.54, 1.807) is 24.4 Å². The molecule has 2 N–H and O–H groups in total. The van der Waals surface area contributed by atoms with Crippen molar-refractivity contribution in [3.63, 3.8) is 0 Å². The van der Waals surface area contributed by atoms with Gasteiger partial charge in [-0.2, -0.15) is 0 Å². The van der Waals surface area contributed by atoms with Crippen molar-refractivity contribution in [3.8, 4) is 0 Å². The van der Waals surface area contributed by atoms with Gasteiger partial charge in [0.05, 0.1) is 11.9 Å². The Morgan fingerprint density at radius 2 is 2.00 bits per heavy atom. The van der Waals surface area contributed by atoms with Gasteiger partial charge in [0.2, 0.25) is 5.91 Å². The topological polar surface area (TPSA) is 63.2 Å². The Bertz CT molecular complexity index is 700. The van der Waals surface area contributed by atoms with Gasteiger partial charge < -0.3 is 15.4 Å². The van der Waals surface area contributed by atoms with E-state index in [2.05, 4.69) is 15.6 Å². The standard InChI is InChI=1S/C19H22FN3O2/c20-17-4-2-1-3-14(17)7-10-21-16-5-6-18(22-13-16)23-19(24)15-8-11-25-12-9-15/h1-6,13,15,21H,7-12H2,(H,22,23,24). The van der Waals surface area contributed by atoms with Crippen LogP contribution in [-0.4, -0.2) is 30.6 Å². The van der Waals surface area contributed by atoms with Gasteiger partial charge in [-0.3, -0.25) is 4.79 Å². The first kappa shape index (κ1) is 17.4. The van der Waals surface area contributed by atoms with Gasteiger partial charge in [-0.25, -0.2) is 9.37 Å². The van der Waals surface area contributed by atoms with Crippen molar-refractivity contribution in [1.29, 1.82) is 0 Å². The lowest BCUT2D eigenvalue weighted by Crippen LogP contribution is -2.28. The lowest BCUT2D eigenvalue weighted by atomic mass is 9.99. The average Bonchev–Trinajstić information content (AvgIpc) is 2.65. The number of aromatic nitrogens is 1. The minimum Gasteiger partial charge on any atom is -0.383 e. The Balaban J connectivity index is 1.47. The first-order chi connectivity index (χ1) is 12.2. The minimum atomic E-state index is -0.186. The molecule has 1 aliphatic rings. The molecule has 0 spiro atoms. The molecule has 5 nitrogen and oxygen atoms in total. The summed E-state index contributed by atoms with van der Waals surface area (Å²) < 4.78 is 18.8. The maximum atomic E-state index is 13.6. The predicted octanol–water partition coefficient (Wildman–Crippen LogP) is 3.24. The lowest BCUT2D eigenvalue weighted by molar-refractivity contribution is -0.122. The second-order valence-electron chi connectivity index (χ2n) is 6.08. The van der Waals surface area contributed by atoms with Crippen molar-refractivity contribution in [2.45, 2.75) is 19.3 Å². The van der Waals surface area contributed by atoms with Crippen molar-refractivity contribution >= 4 is 17.4 Å². The summed E-state index contributed by atoms with van der Waals surface area (Å²) >= 11 is 0. The molecule has 25 heavy (non-hydrogen) atoms. The summed E-state index contributed by atoms with van der Waals surface area (Å²) in [6.45, 7) is 1.88. The van der Waals surface area contributed by atoms with Gasteiger partial charge in [-0.1, -0.05) is 18.2 Å². The molecule has 0 bridgehead atoms. The third kappa shape index (κ3) is 5.00. The number of hydrogen-bond acceptors (Lipinski definition) is 4. The summed E-state index contributed by atoms with van der Waals surface area (Å²) in [7, 11) is 0. The van der Waals surface area contributed by atoms with E-state index in [0.29, 0.717) is 37.6 Å². The summed E-state index contributed by atoms with van der Waals surface area (Å²) in [4.78, 5) is 16.4. The number of amides is 1. The number of rotatable bonds is 6. The minimum absolute atomic E-state index is 0.00365. The predicted molar refractivity (Wildman–Crippen MR) is 95.0 cm³/mol. The third-order valence-electron chi connectivity index (χ3n) is 4.29. The molecule has 3 rings (SSSR count). The number of ether oxygens (including phenoxy) is 1. The highest BCUT2D eigenvalue weighted by Gasteiger charge is 2.21. The van der Waals surface area contributed by atoms with Crippen LogP contribution in [0.25, 0.3) is 0 Å². The van der Waals surface area contributed by atoms with Gasteiger partial charge in [-0.05, 0) is 43.0 Å². The van der Waals surface area contributed by atoms with E-state index >= 15 is 0 Å². The van der Waals surface area contributed by atoms with Crippen LogP contribution in [-0.2, 0) is 16.0 Å². The van der Waals surface area contributed by atoms with Crippen molar-refractivity contribution in [2.24, 2.45) is 5.92 Å². The summed E-state index contributed by atoms with van der Waals surface area (Å²) in [5, 5.41) is 6.05. The molecule has 0 radical (unpaired) electrons. The number of anilines is 2. The van der Waals surface area contributed by atoms with Crippen LogP contribution in [0.1, 0.15) is 18.4 Å². The van der Waals surface area contributed by atoms with Gasteiger partial charge in [0.25, 0.3) is 0 Å². The quantitative estimate of drug-likeness (QED) is 0.845. The second kappa shape index (κ2) is 8.58. The Hall–Kier alpha value is -2.47. The van der Waals surface area contributed by atoms with E-state index in [1.807, 2.05) is 12.1 Å². The van der Waals surface area contributed by atoms with E-state index < -0.39 is 0 Å². The number of halogens is 1. The molecule has 1 aromatic carbocycles. The maximum Gasteiger partial charge on any atom is 0.228 e. The number of nitrogens with zero attached hydrogens (tertiary/aromatic N) is 1. The van der Waals surface area contributed by atoms with Gasteiger partial charge in [0.15, 0.2) is 0 Å². The van der Waals surface area contributed by atoms with Crippen LogP contribution in [0.3, 0.4) is 0 Å². The zero-order chi connectivity index (χ0) is 17.5. The van der Waals surface area contributed by atoms with Crippen LogP contribution >= 0.6 is 0 Å². The molecule has 1 saturated heterocycles. The molecule has 1 aliphatic heterocycles. The summed E-state index contributed by atoms with van der Waals surface area (Å²) in [5.41, 5.74) is 1.52. The smallest absolute Gasteiger partial charge is 0.228 e. The fourth-order valence-electron chi connectivity index (χ4n) is 2.80. The molecule has 132 valence electrons. The highest BCUT2D eigenvalue weighted by molar-refractivity contribution is 5.91. The van der Waals surface area contributed by atoms with Crippen LogP contribution in [0.15, 0.2) is 42.6 Å². The normalized spacial score (nSPS) is 14.9. The number of pyridine rings is 1. The number of carbonyl (C=O) groups is 1. The summed E-state index contributed by atoms with van der Waals surface area (Å²) in [5.74, 6) is 0.343. The highest BCUT2D eigenvalue weighted by atomic mass is 19.1. The molecular formula is C19H22FN3O2. The Morgan fingerprint density at radius 3 is 2.72 bits per heavy atom. The maximum absolute atomic E-state index is 13.6. The van der Waals surface area contributed by atoms with Crippen LogP contribution in [0.4, 0.5) is 15.9 Å². The van der Waals surface area contributed by atoms with Gasteiger partial charge in [-0.15, -0.1) is 0 Å². The molecule has 0 atom stereocenters. The molecule has 2 heterocycles. The second-order valence-corrected chi connectivity index (χ2v) is 6.08. The van der Waals surface area contributed by atoms with E-state index in [1.165, 1.54) is 6.07 Å². The van der Waals surface area contributed by atoms with E-state index in [4.69, 9.17) is 4.74 Å². The SMILES string of the molecule is O=C(Nc1ccc(NCCc2ccccc2F)cn1)C1CCOCC1. The summed E-state index contributed by atoms with van der Waals surface area (Å²) in [6, 6.07) is 10.4. The monoisotopic (exact) mass is 343 g/mol. The first-order valence-corrected chi connectivity index (χ1v) is 8.54. The Labute approximate surface area is 146 Å². The van der Waals surface area contributed by atoms with E-state index in [-0.39, 0.29) is 17.6 Å². The van der Waals surface area contributed by atoms with Gasteiger partial charge in [0.1, 0.15) is 11.6 Å². The molecule has 2 aromatic rings. The Kier molecular flexibility index (Phi) is 5.95. The molecular weight excluding hydrogens is 321 g/mol. The average molecular weight is 343 g/mol. The van der Waals surface area contributed by atoms with Gasteiger partial charge in [0, 0.05) is 25.7 Å². The fourth-order valence-corrected chi connectivity index (χ4v) is 2.80. The van der Waals surface area contributed by atoms with Crippen LogP contribution < -0.4 is 10.6 Å². The van der Waals surface area contributed by atoms with E-state index in [9.17, 15) is 9.18 Å². The van der Waals surface area contributed by atoms with Crippen molar-refractivity contribution in [2.75, 3.05) is 30.4 Å². The molecule has 0 aliphatic carbocycles. The van der Waals surface area contributed by atoms with Gasteiger partial charge >= 0.3 is 0 Å². The van der Waals surface area contributed by atoms with Crippen molar-refractivity contribution in [3.05, 3.63) is 54.0 Å². The van der Waals surface area contributed by atoms with E-state index in [0.717, 1.165) is 18.5 Å². The largest absolute Gasteiger partial charge is 0.383 e. The molecule has 1 fully saturated rings. The highest BCUT2D eigenvalue weighted by Crippen LogP contribution is 2.17. The molecule has 6 heteroatoms. The third-order valence-corrected chi connectivity index (χ3v) is 4.29. The fraction of sp³-hybridized carbons (Fsp3) is 0.368. The lowest BCUT2D eigenvalue weighted by Gasteiger charge is -2.20. The Morgan fingerprint density at radius 1 is 1.20 bits per heavy atom. The number of benzene rings is 1. The van der Waals surface area contributed by atoms with Crippen LogP contribution in [0, 0.1) is 11.7 Å². The molecule has 1 aromatic heterocycles. The van der Waals surface area contributed by atoms with Crippen molar-refractivity contribution in [1.82, 2.24) is 4.98 Å². The van der Waals surface area contributed by atoms with Crippen LogP contribution in [0.5, 0.6) is 0 Å². The number of nitrogens with one attached hydrogen (secondary N) is 2. The van der Waals surface area contributed by atoms with Crippen LogP contribution in [0.2, 0.25) is 0 Å². The van der Waals surface area contributed by atoms with Crippen molar-refractivity contribution < 1.29 is 13.9 Å². The first-order valence-electron chi connectivity index (χ1n) is 8.54. The number of carbonyl (C=O) groups excluding carboxylic acids is 1. The molecule has 1 amide bonds. The number of hydrogen-bond donors (Lipinski definition) is 2. The molecule has 0 saturated carbocycles. The zero-order valence-corrected chi connectivity index (χ0v) is 14.0.